The van der Waals surface area contributed by atoms with E-state index in [0.29, 0.717) is 6.54 Å². The van der Waals surface area contributed by atoms with Crippen LogP contribution in [-0.4, -0.2) is 85.9 Å². The zero-order valence-corrected chi connectivity index (χ0v) is 26.1. The third kappa shape index (κ3) is 6.27. The Bertz CT molecular complexity index is 1220. The normalized spacial score (nSPS) is 23.7. The Labute approximate surface area is 238 Å². The highest BCUT2D eigenvalue weighted by molar-refractivity contribution is 7.89. The quantitative estimate of drug-likeness (QED) is 0.451. The largest absolute Gasteiger partial charge is 0.467 e. The number of esters is 1. The molecule has 1 aliphatic heterocycles. The van der Waals surface area contributed by atoms with Crippen LogP contribution in [0.2, 0.25) is 0 Å². The van der Waals surface area contributed by atoms with Gasteiger partial charge in [0.1, 0.15) is 12.1 Å². The van der Waals surface area contributed by atoms with Crippen molar-refractivity contribution in [2.24, 2.45) is 28.1 Å². The fraction of sp³-hybridized carbons (Fsp3) is 0.714. The summed E-state index contributed by atoms with van der Waals surface area (Å²) in [5.74, 6) is -0.589. The van der Waals surface area contributed by atoms with E-state index in [-0.39, 0.29) is 34.7 Å². The molecule has 1 saturated heterocycles. The molecule has 0 bridgehead atoms. The maximum Gasteiger partial charge on any atom is 0.328 e. The maximum atomic E-state index is 13.9. The lowest BCUT2D eigenvalue weighted by atomic mass is 9.85. The van der Waals surface area contributed by atoms with E-state index in [0.717, 1.165) is 4.31 Å². The number of carbonyl (C=O) groups excluding carboxylic acids is 3. The van der Waals surface area contributed by atoms with Crippen LogP contribution in [0.4, 0.5) is 4.79 Å². The van der Waals surface area contributed by atoms with Gasteiger partial charge in [-0.05, 0) is 34.3 Å². The smallest absolute Gasteiger partial charge is 0.328 e. The van der Waals surface area contributed by atoms with Gasteiger partial charge in [-0.1, -0.05) is 61.5 Å². The molecule has 0 radical (unpaired) electrons. The maximum absolute atomic E-state index is 13.9. The highest BCUT2D eigenvalue weighted by atomic mass is 32.2. The van der Waals surface area contributed by atoms with Crippen molar-refractivity contribution in [1.29, 1.82) is 0 Å². The van der Waals surface area contributed by atoms with Crippen molar-refractivity contribution in [1.82, 2.24) is 24.8 Å². The monoisotopic (exact) mass is 579 g/mol. The molecule has 40 heavy (non-hydrogen) atoms. The number of carbonyl (C=O) groups is 3. The summed E-state index contributed by atoms with van der Waals surface area (Å²) in [7, 11) is -1.12. The number of methoxy groups -OCH3 is 1. The zero-order chi connectivity index (χ0) is 30.4. The number of piperidine rings is 1. The molecule has 224 valence electrons. The number of amides is 3. The lowest BCUT2D eigenvalue weighted by Gasteiger charge is -2.38. The molecular formula is C28H45N5O6S. The Morgan fingerprint density at radius 1 is 1.12 bits per heavy atom. The van der Waals surface area contributed by atoms with E-state index < -0.39 is 51.0 Å². The Hall–Kier alpha value is -2.73. The SMILES string of the molecule is COC(=O)[C@@H]1[C@@H]2[C@H](CN1C(=O)[C@@H](NC(=O)N[C@H](CN(C)S(=O)(=O)c1ccccn1)C(C)(C)C)C(C)(C)C)C2(C)C. The molecule has 5 atom stereocenters. The summed E-state index contributed by atoms with van der Waals surface area (Å²) in [6.07, 6.45) is 1.41. The fourth-order valence-corrected chi connectivity index (χ4v) is 6.71. The first kappa shape index (κ1) is 31.8. The van der Waals surface area contributed by atoms with Crippen LogP contribution in [0.1, 0.15) is 55.4 Å². The molecule has 12 heteroatoms. The van der Waals surface area contributed by atoms with Crippen LogP contribution in [0, 0.1) is 28.1 Å². The molecule has 0 unspecified atom stereocenters. The molecule has 1 aliphatic carbocycles. The number of aromatic nitrogens is 1. The minimum atomic E-state index is -3.88. The average molecular weight is 580 g/mol. The van der Waals surface area contributed by atoms with Gasteiger partial charge >= 0.3 is 12.0 Å². The second kappa shape index (κ2) is 10.9. The molecule has 0 spiro atoms. The van der Waals surface area contributed by atoms with Crippen molar-refractivity contribution < 1.29 is 27.5 Å². The average Bonchev–Trinajstić information content (AvgIpc) is 3.17. The molecule has 2 aliphatic rings. The van der Waals surface area contributed by atoms with Crippen molar-refractivity contribution in [2.75, 3.05) is 27.2 Å². The molecule has 1 aromatic rings. The van der Waals surface area contributed by atoms with Crippen LogP contribution in [0.15, 0.2) is 29.4 Å². The number of ether oxygens (including phenoxy) is 1. The van der Waals surface area contributed by atoms with Gasteiger partial charge < -0.3 is 20.3 Å². The van der Waals surface area contributed by atoms with E-state index in [2.05, 4.69) is 29.5 Å². The summed E-state index contributed by atoms with van der Waals surface area (Å²) < 4.78 is 32.3. The number of nitrogens with one attached hydrogen (secondary N) is 2. The Balaban J connectivity index is 1.78. The summed E-state index contributed by atoms with van der Waals surface area (Å²) >= 11 is 0. The molecule has 0 aromatic carbocycles. The van der Waals surface area contributed by atoms with Gasteiger partial charge in [0, 0.05) is 38.3 Å². The number of fused-ring (bicyclic) bond motifs is 1. The van der Waals surface area contributed by atoms with Gasteiger partial charge in [0.05, 0.1) is 7.11 Å². The highest BCUT2D eigenvalue weighted by Crippen LogP contribution is 2.65. The predicted molar refractivity (Wildman–Crippen MR) is 150 cm³/mol. The van der Waals surface area contributed by atoms with Crippen molar-refractivity contribution in [2.45, 2.75) is 78.5 Å². The predicted octanol–water partition coefficient (Wildman–Crippen LogP) is 2.49. The number of pyridine rings is 1. The first-order valence-corrected chi connectivity index (χ1v) is 15.0. The van der Waals surface area contributed by atoms with Crippen LogP contribution in [0.5, 0.6) is 0 Å². The van der Waals surface area contributed by atoms with Gasteiger partial charge in [-0.3, -0.25) is 4.79 Å². The second-order valence-corrected chi connectivity index (χ2v) is 15.7. The number of rotatable bonds is 8. The third-order valence-electron chi connectivity index (χ3n) is 8.43. The number of likely N-dealkylation sites (N-methyl/N-ethyl adjacent to an activating group) is 1. The van der Waals surface area contributed by atoms with Crippen LogP contribution in [-0.2, 0) is 24.3 Å². The van der Waals surface area contributed by atoms with Gasteiger partial charge in [-0.2, -0.15) is 4.31 Å². The highest BCUT2D eigenvalue weighted by Gasteiger charge is 2.70. The molecule has 1 aromatic heterocycles. The second-order valence-electron chi connectivity index (χ2n) is 13.7. The third-order valence-corrected chi connectivity index (χ3v) is 10.2. The number of hydrogen-bond donors (Lipinski definition) is 2. The minimum absolute atomic E-state index is 0.0141. The molecule has 2 N–H and O–H groups in total. The summed E-state index contributed by atoms with van der Waals surface area (Å²) in [6, 6.07) is 1.82. The lowest BCUT2D eigenvalue weighted by molar-refractivity contribution is -0.154. The van der Waals surface area contributed by atoms with E-state index in [1.54, 1.807) is 17.0 Å². The molecule has 2 heterocycles. The summed E-state index contributed by atoms with van der Waals surface area (Å²) in [4.78, 5) is 45.5. The molecule has 3 rings (SSSR count). The summed E-state index contributed by atoms with van der Waals surface area (Å²) in [5.41, 5.74) is -1.25. The van der Waals surface area contributed by atoms with Crippen molar-refractivity contribution in [3.05, 3.63) is 24.4 Å². The van der Waals surface area contributed by atoms with Gasteiger partial charge in [0.25, 0.3) is 10.0 Å². The zero-order valence-electron chi connectivity index (χ0n) is 25.3. The van der Waals surface area contributed by atoms with E-state index in [1.165, 1.54) is 26.4 Å². The topological polar surface area (TPSA) is 138 Å². The van der Waals surface area contributed by atoms with E-state index in [9.17, 15) is 22.8 Å². The van der Waals surface area contributed by atoms with Crippen LogP contribution in [0.3, 0.4) is 0 Å². The van der Waals surface area contributed by atoms with Crippen LogP contribution >= 0.6 is 0 Å². The van der Waals surface area contributed by atoms with E-state index in [4.69, 9.17) is 4.74 Å². The Kier molecular flexibility index (Phi) is 8.68. The Morgan fingerprint density at radius 3 is 2.25 bits per heavy atom. The van der Waals surface area contributed by atoms with E-state index in [1.807, 2.05) is 41.5 Å². The van der Waals surface area contributed by atoms with Gasteiger partial charge in [-0.25, -0.2) is 23.0 Å². The van der Waals surface area contributed by atoms with Crippen molar-refractivity contribution in [3.63, 3.8) is 0 Å². The van der Waals surface area contributed by atoms with Crippen LogP contribution < -0.4 is 10.6 Å². The Morgan fingerprint density at radius 2 is 1.75 bits per heavy atom. The molecule has 1 saturated carbocycles. The first-order chi connectivity index (χ1) is 18.2. The van der Waals surface area contributed by atoms with Crippen molar-refractivity contribution in [3.8, 4) is 0 Å². The van der Waals surface area contributed by atoms with Crippen LogP contribution in [0.25, 0.3) is 0 Å². The minimum Gasteiger partial charge on any atom is -0.467 e. The number of sulfonamides is 1. The fourth-order valence-electron chi connectivity index (χ4n) is 5.60. The van der Waals surface area contributed by atoms with Crippen molar-refractivity contribution >= 4 is 27.9 Å². The number of hydrogen-bond acceptors (Lipinski definition) is 7. The van der Waals surface area contributed by atoms with E-state index >= 15 is 0 Å². The molecular weight excluding hydrogens is 534 g/mol. The van der Waals surface area contributed by atoms with Gasteiger partial charge in [0.15, 0.2) is 5.03 Å². The summed E-state index contributed by atoms with van der Waals surface area (Å²) in [5, 5.41) is 5.65. The molecule has 11 nitrogen and oxygen atoms in total. The number of urea groups is 1. The molecule has 3 amide bonds. The standard InChI is InChI=1S/C28H45N5O6S/c1-26(2,3)18(16-32(9)40(37,38)19-13-11-12-14-29-19)30-25(36)31-22(27(4,5)6)23(34)33-15-17-20(28(17,7)8)21(33)24(35)39-10/h11-14,17-18,20-22H,15-16H2,1-10H3,(H2,30,31,36)/t17-,18+,20-,21-,22+/m0/s1. The number of likely N-dealkylation sites (tertiary alicyclic amines) is 1. The molecule has 2 fully saturated rings. The summed E-state index contributed by atoms with van der Waals surface area (Å²) in [6.45, 7) is 15.8. The van der Waals surface area contributed by atoms with Gasteiger partial charge in [0.2, 0.25) is 5.91 Å². The first-order valence-electron chi connectivity index (χ1n) is 13.6. The van der Waals surface area contributed by atoms with Gasteiger partial charge in [-0.15, -0.1) is 0 Å². The lowest BCUT2D eigenvalue weighted by Crippen LogP contribution is -2.61. The number of nitrogens with zero attached hydrogens (tertiary/aromatic N) is 3.